The summed E-state index contributed by atoms with van der Waals surface area (Å²) in [5.41, 5.74) is 0.858. The summed E-state index contributed by atoms with van der Waals surface area (Å²) in [6, 6.07) is 4.77. The first-order valence-corrected chi connectivity index (χ1v) is 6.17. The molecule has 0 aliphatic heterocycles. The average Bonchev–Trinajstić information content (AvgIpc) is 2.37. The van der Waals surface area contributed by atoms with Gasteiger partial charge in [0.25, 0.3) is 0 Å². The normalized spacial score (nSPS) is 10.0. The Morgan fingerprint density at radius 3 is 2.68 bits per heavy atom. The van der Waals surface area contributed by atoms with Crippen LogP contribution in [-0.4, -0.2) is 30.3 Å². The Kier molecular flexibility index (Phi) is 5.85. The fourth-order valence-electron chi connectivity index (χ4n) is 1.45. The van der Waals surface area contributed by atoms with E-state index in [1.54, 1.807) is 13.0 Å². The van der Waals surface area contributed by atoms with Crippen molar-refractivity contribution in [2.24, 2.45) is 0 Å². The summed E-state index contributed by atoms with van der Waals surface area (Å²) >= 11 is 0. The van der Waals surface area contributed by atoms with E-state index in [4.69, 9.17) is 14.6 Å². The number of aryl methyl sites for hydroxylation is 1. The lowest BCUT2D eigenvalue weighted by molar-refractivity contribution is -0.146. The summed E-state index contributed by atoms with van der Waals surface area (Å²) in [5.74, 6) is -1.41. The zero-order valence-electron chi connectivity index (χ0n) is 11.1. The molecule has 0 aliphatic carbocycles. The molecule has 0 amide bonds. The highest BCUT2D eigenvalue weighted by Gasteiger charge is 2.13. The van der Waals surface area contributed by atoms with E-state index >= 15 is 0 Å². The summed E-state index contributed by atoms with van der Waals surface area (Å²) in [6.45, 7) is 3.86. The van der Waals surface area contributed by atoms with Crippen LogP contribution in [0.1, 0.15) is 35.7 Å². The number of esters is 1. The SMILES string of the molecule is CCCCOC(=O)COc1ccc(C)cc1C(=O)O. The van der Waals surface area contributed by atoms with Gasteiger partial charge in [-0.1, -0.05) is 25.0 Å². The molecule has 0 saturated carbocycles. The zero-order chi connectivity index (χ0) is 14.3. The number of carbonyl (C=O) groups is 2. The summed E-state index contributed by atoms with van der Waals surface area (Å²) in [4.78, 5) is 22.4. The lowest BCUT2D eigenvalue weighted by atomic mass is 10.1. The van der Waals surface area contributed by atoms with E-state index in [2.05, 4.69) is 0 Å². The first kappa shape index (κ1) is 15.0. The van der Waals surface area contributed by atoms with Gasteiger partial charge in [-0.15, -0.1) is 0 Å². The Hall–Kier alpha value is -2.04. The summed E-state index contributed by atoms with van der Waals surface area (Å²) in [7, 11) is 0. The van der Waals surface area contributed by atoms with Crippen LogP contribution >= 0.6 is 0 Å². The predicted octanol–water partition coefficient (Wildman–Crippen LogP) is 2.42. The highest BCUT2D eigenvalue weighted by atomic mass is 16.6. The smallest absolute Gasteiger partial charge is 0.344 e. The van der Waals surface area contributed by atoms with Crippen molar-refractivity contribution in [1.29, 1.82) is 0 Å². The minimum Gasteiger partial charge on any atom is -0.481 e. The minimum atomic E-state index is -1.09. The van der Waals surface area contributed by atoms with E-state index in [0.717, 1.165) is 18.4 Å². The highest BCUT2D eigenvalue weighted by Crippen LogP contribution is 2.20. The molecule has 1 rings (SSSR count). The quantitative estimate of drug-likeness (QED) is 0.606. The van der Waals surface area contributed by atoms with Gasteiger partial charge in [-0.3, -0.25) is 0 Å². The van der Waals surface area contributed by atoms with Gasteiger partial charge >= 0.3 is 11.9 Å². The van der Waals surface area contributed by atoms with Gasteiger partial charge in [0.05, 0.1) is 6.61 Å². The number of benzene rings is 1. The van der Waals surface area contributed by atoms with Gasteiger partial charge in [-0.2, -0.15) is 0 Å². The Balaban J connectivity index is 2.57. The first-order valence-electron chi connectivity index (χ1n) is 6.17. The van der Waals surface area contributed by atoms with Crippen molar-refractivity contribution in [1.82, 2.24) is 0 Å². The Morgan fingerprint density at radius 2 is 2.05 bits per heavy atom. The third-order valence-electron chi connectivity index (χ3n) is 2.47. The molecule has 0 saturated heterocycles. The van der Waals surface area contributed by atoms with Crippen LogP contribution < -0.4 is 4.74 Å². The fourth-order valence-corrected chi connectivity index (χ4v) is 1.45. The molecule has 1 aromatic carbocycles. The second-order valence-electron chi connectivity index (χ2n) is 4.17. The standard InChI is InChI=1S/C14H18O5/c1-3-4-7-18-13(15)9-19-12-6-5-10(2)8-11(12)14(16)17/h5-6,8H,3-4,7,9H2,1-2H3,(H,16,17). The maximum Gasteiger partial charge on any atom is 0.344 e. The van der Waals surface area contributed by atoms with Crippen molar-refractivity contribution >= 4 is 11.9 Å². The molecule has 0 atom stereocenters. The van der Waals surface area contributed by atoms with Gasteiger partial charge in [-0.05, 0) is 25.5 Å². The number of ether oxygens (including phenoxy) is 2. The second-order valence-corrected chi connectivity index (χ2v) is 4.17. The number of carboxylic acids is 1. The summed E-state index contributed by atoms with van der Waals surface area (Å²) in [6.07, 6.45) is 1.74. The molecule has 0 bridgehead atoms. The predicted molar refractivity (Wildman–Crippen MR) is 69.5 cm³/mol. The average molecular weight is 266 g/mol. The second kappa shape index (κ2) is 7.41. The molecule has 0 radical (unpaired) electrons. The Bertz CT molecular complexity index is 453. The molecule has 1 N–H and O–H groups in total. The molecule has 5 heteroatoms. The van der Waals surface area contributed by atoms with Crippen molar-refractivity contribution < 1.29 is 24.2 Å². The molecule has 0 unspecified atom stereocenters. The van der Waals surface area contributed by atoms with Gasteiger partial charge < -0.3 is 14.6 Å². The molecule has 5 nitrogen and oxygen atoms in total. The summed E-state index contributed by atoms with van der Waals surface area (Å²) < 4.78 is 10.1. The van der Waals surface area contributed by atoms with Crippen molar-refractivity contribution in [3.05, 3.63) is 29.3 Å². The molecule has 104 valence electrons. The van der Waals surface area contributed by atoms with E-state index in [1.807, 2.05) is 6.92 Å². The first-order chi connectivity index (χ1) is 9.04. The molecule has 0 fully saturated rings. The van der Waals surface area contributed by atoms with E-state index < -0.39 is 11.9 Å². The van der Waals surface area contributed by atoms with Gasteiger partial charge in [0.15, 0.2) is 6.61 Å². The van der Waals surface area contributed by atoms with E-state index in [-0.39, 0.29) is 17.9 Å². The molecule has 0 spiro atoms. The largest absolute Gasteiger partial charge is 0.481 e. The van der Waals surface area contributed by atoms with Crippen molar-refractivity contribution in [2.45, 2.75) is 26.7 Å². The number of carbonyl (C=O) groups excluding carboxylic acids is 1. The minimum absolute atomic E-state index is 0.0429. The number of aromatic carboxylic acids is 1. The number of carboxylic acid groups (broad SMARTS) is 1. The van der Waals surface area contributed by atoms with Crippen LogP contribution in [0.15, 0.2) is 18.2 Å². The van der Waals surface area contributed by atoms with Gasteiger partial charge in [0.1, 0.15) is 11.3 Å². The Labute approximate surface area is 112 Å². The van der Waals surface area contributed by atoms with Crippen LogP contribution in [0.25, 0.3) is 0 Å². The lowest BCUT2D eigenvalue weighted by Gasteiger charge is -2.09. The van der Waals surface area contributed by atoms with Crippen molar-refractivity contribution in [3.63, 3.8) is 0 Å². The van der Waals surface area contributed by atoms with E-state index in [1.165, 1.54) is 12.1 Å². The van der Waals surface area contributed by atoms with Crippen LogP contribution in [0.2, 0.25) is 0 Å². The molecular weight excluding hydrogens is 248 g/mol. The maximum atomic E-state index is 11.3. The molecule has 1 aromatic rings. The Morgan fingerprint density at radius 1 is 1.32 bits per heavy atom. The topological polar surface area (TPSA) is 72.8 Å². The van der Waals surface area contributed by atoms with Gasteiger partial charge in [0.2, 0.25) is 0 Å². The third kappa shape index (κ3) is 4.99. The van der Waals surface area contributed by atoms with Crippen LogP contribution in [0.3, 0.4) is 0 Å². The third-order valence-corrected chi connectivity index (χ3v) is 2.47. The van der Waals surface area contributed by atoms with Crippen LogP contribution in [0.5, 0.6) is 5.75 Å². The summed E-state index contributed by atoms with van der Waals surface area (Å²) in [5, 5.41) is 9.03. The van der Waals surface area contributed by atoms with E-state index in [9.17, 15) is 9.59 Å². The number of hydrogen-bond acceptors (Lipinski definition) is 4. The number of hydrogen-bond donors (Lipinski definition) is 1. The van der Waals surface area contributed by atoms with Crippen molar-refractivity contribution in [2.75, 3.05) is 13.2 Å². The monoisotopic (exact) mass is 266 g/mol. The molecular formula is C14H18O5. The highest BCUT2D eigenvalue weighted by molar-refractivity contribution is 5.91. The van der Waals surface area contributed by atoms with Gasteiger partial charge in [-0.25, -0.2) is 9.59 Å². The number of rotatable bonds is 7. The van der Waals surface area contributed by atoms with Crippen LogP contribution in [0.4, 0.5) is 0 Å². The maximum absolute atomic E-state index is 11.3. The lowest BCUT2D eigenvalue weighted by Crippen LogP contribution is -2.16. The number of unbranched alkanes of at least 4 members (excludes halogenated alkanes) is 1. The zero-order valence-corrected chi connectivity index (χ0v) is 11.1. The molecule has 0 heterocycles. The van der Waals surface area contributed by atoms with Crippen LogP contribution in [0, 0.1) is 6.92 Å². The fraction of sp³-hybridized carbons (Fsp3) is 0.429. The van der Waals surface area contributed by atoms with Crippen molar-refractivity contribution in [3.8, 4) is 5.75 Å². The molecule has 19 heavy (non-hydrogen) atoms. The van der Waals surface area contributed by atoms with E-state index in [0.29, 0.717) is 6.61 Å². The van der Waals surface area contributed by atoms with Crippen LogP contribution in [-0.2, 0) is 9.53 Å². The molecule has 0 aromatic heterocycles. The molecule has 0 aliphatic rings. The van der Waals surface area contributed by atoms with Gasteiger partial charge in [0, 0.05) is 0 Å².